The summed E-state index contributed by atoms with van der Waals surface area (Å²) < 4.78 is 13.7. The van der Waals surface area contributed by atoms with Crippen LogP contribution in [0.1, 0.15) is 25.3 Å². The number of fused-ring (bicyclic) bond motifs is 2. The summed E-state index contributed by atoms with van der Waals surface area (Å²) in [7, 11) is 1.85. The first-order valence-electron chi connectivity index (χ1n) is 10.6. The van der Waals surface area contributed by atoms with Gasteiger partial charge in [0.2, 0.25) is 11.8 Å². The van der Waals surface area contributed by atoms with E-state index in [1.54, 1.807) is 11.0 Å². The number of amides is 2. The molecule has 0 bridgehead atoms. The maximum absolute atomic E-state index is 13.2. The fourth-order valence-electron chi connectivity index (χ4n) is 4.04. The van der Waals surface area contributed by atoms with Gasteiger partial charge in [-0.15, -0.1) is 10.2 Å². The summed E-state index contributed by atoms with van der Waals surface area (Å²) in [6.07, 6.45) is -0.156. The molecule has 3 heterocycles. The fraction of sp³-hybridized carbons (Fsp3) is 0.304. The molecule has 2 atom stereocenters. The first-order chi connectivity index (χ1) is 16.0. The summed E-state index contributed by atoms with van der Waals surface area (Å²) in [4.78, 5) is 27.1. The van der Waals surface area contributed by atoms with E-state index in [2.05, 4.69) is 15.5 Å². The van der Waals surface area contributed by atoms with Crippen LogP contribution in [0.3, 0.4) is 0 Å². The van der Waals surface area contributed by atoms with Crippen molar-refractivity contribution in [3.63, 3.8) is 0 Å². The molecule has 0 aliphatic carbocycles. The number of hydrogen-bond acceptors (Lipinski definition) is 7. The monoisotopic (exact) mass is 465 g/mol. The Morgan fingerprint density at radius 1 is 1.15 bits per heavy atom. The molecule has 0 radical (unpaired) electrons. The molecule has 2 aliphatic heterocycles. The predicted octanol–water partition coefficient (Wildman–Crippen LogP) is 3.18. The molecule has 2 aromatic carbocycles. The van der Waals surface area contributed by atoms with Gasteiger partial charge in [-0.05, 0) is 31.2 Å². The zero-order chi connectivity index (χ0) is 22.9. The van der Waals surface area contributed by atoms with E-state index < -0.39 is 6.10 Å². The molecule has 0 saturated carbocycles. The number of para-hydroxylation sites is 4. The molecule has 33 heavy (non-hydrogen) atoms. The smallest absolute Gasteiger partial charge is 0.237 e. The number of nitrogens with one attached hydrogen (secondary N) is 1. The van der Waals surface area contributed by atoms with E-state index in [0.29, 0.717) is 40.5 Å². The van der Waals surface area contributed by atoms with Gasteiger partial charge in [0.05, 0.1) is 17.1 Å². The first-order valence-corrected chi connectivity index (χ1v) is 11.6. The minimum atomic E-state index is -0.392. The van der Waals surface area contributed by atoms with Crippen LogP contribution >= 0.6 is 11.8 Å². The number of ether oxygens (including phenoxy) is 2. The van der Waals surface area contributed by atoms with E-state index in [1.807, 2.05) is 61.0 Å². The minimum absolute atomic E-state index is 0.104. The van der Waals surface area contributed by atoms with Crippen molar-refractivity contribution in [2.45, 2.75) is 30.6 Å². The predicted molar refractivity (Wildman–Crippen MR) is 124 cm³/mol. The van der Waals surface area contributed by atoms with Crippen molar-refractivity contribution >= 4 is 35.0 Å². The van der Waals surface area contributed by atoms with Crippen LogP contribution in [0.4, 0.5) is 11.4 Å². The lowest BCUT2D eigenvalue weighted by Gasteiger charge is -2.27. The molecule has 0 spiro atoms. The normalized spacial score (nSPS) is 19.5. The van der Waals surface area contributed by atoms with Crippen molar-refractivity contribution in [3.8, 4) is 11.5 Å². The molecule has 0 fully saturated rings. The Kier molecular flexibility index (Phi) is 5.67. The van der Waals surface area contributed by atoms with Crippen LogP contribution in [0.25, 0.3) is 0 Å². The van der Waals surface area contributed by atoms with Crippen molar-refractivity contribution < 1.29 is 19.1 Å². The van der Waals surface area contributed by atoms with E-state index in [-0.39, 0.29) is 30.0 Å². The van der Waals surface area contributed by atoms with Gasteiger partial charge in [-0.25, -0.2) is 0 Å². The summed E-state index contributed by atoms with van der Waals surface area (Å²) in [5.41, 5.74) is 1.34. The van der Waals surface area contributed by atoms with Crippen molar-refractivity contribution in [2.75, 3.05) is 22.6 Å². The zero-order valence-corrected chi connectivity index (χ0v) is 19.0. The van der Waals surface area contributed by atoms with E-state index >= 15 is 0 Å². The van der Waals surface area contributed by atoms with Gasteiger partial charge in [0.25, 0.3) is 0 Å². The van der Waals surface area contributed by atoms with Crippen molar-refractivity contribution in [1.82, 2.24) is 14.8 Å². The molecule has 1 aromatic heterocycles. The maximum Gasteiger partial charge on any atom is 0.237 e. The highest BCUT2D eigenvalue weighted by Gasteiger charge is 2.31. The lowest BCUT2D eigenvalue weighted by molar-refractivity contribution is -0.117. The number of benzene rings is 2. The van der Waals surface area contributed by atoms with Gasteiger partial charge < -0.3 is 24.3 Å². The first kappa shape index (κ1) is 21.3. The molecule has 0 unspecified atom stereocenters. The van der Waals surface area contributed by atoms with Gasteiger partial charge in [0.1, 0.15) is 6.61 Å². The van der Waals surface area contributed by atoms with E-state index in [9.17, 15) is 9.59 Å². The average molecular weight is 466 g/mol. The van der Waals surface area contributed by atoms with Gasteiger partial charge in [0.15, 0.2) is 28.6 Å². The molecule has 2 aliphatic rings. The maximum atomic E-state index is 13.2. The lowest BCUT2D eigenvalue weighted by atomic mass is 10.2. The van der Waals surface area contributed by atoms with Crippen LogP contribution in [-0.4, -0.2) is 45.0 Å². The molecule has 5 rings (SSSR count). The molecular formula is C23H23N5O4S. The second-order valence-electron chi connectivity index (χ2n) is 7.93. The van der Waals surface area contributed by atoms with Crippen molar-refractivity contribution in [3.05, 3.63) is 54.4 Å². The lowest BCUT2D eigenvalue weighted by Crippen LogP contribution is -2.40. The summed E-state index contributed by atoms with van der Waals surface area (Å²) in [5, 5.41) is 12.0. The quantitative estimate of drug-likeness (QED) is 0.591. The number of hydrogen-bond donors (Lipinski definition) is 1. The fourth-order valence-corrected chi connectivity index (χ4v) is 4.82. The molecular weight excluding hydrogens is 442 g/mol. The summed E-state index contributed by atoms with van der Waals surface area (Å²) in [5.74, 6) is 1.94. The number of rotatable bonds is 4. The Morgan fingerprint density at radius 2 is 1.91 bits per heavy atom. The summed E-state index contributed by atoms with van der Waals surface area (Å²) >= 11 is 1.30. The Balaban J connectivity index is 1.30. The highest BCUT2D eigenvalue weighted by Crippen LogP contribution is 2.36. The summed E-state index contributed by atoms with van der Waals surface area (Å²) in [6, 6.07) is 14.6. The number of carbonyl (C=O) groups excluding carboxylic acids is 2. The Labute approximate surface area is 195 Å². The van der Waals surface area contributed by atoms with Gasteiger partial charge in [-0.2, -0.15) is 0 Å². The highest BCUT2D eigenvalue weighted by atomic mass is 32.2. The number of aromatic nitrogens is 3. The van der Waals surface area contributed by atoms with Crippen LogP contribution in [-0.2, 0) is 16.6 Å². The highest BCUT2D eigenvalue weighted by molar-refractivity contribution is 7.99. The third kappa shape index (κ3) is 4.13. The second kappa shape index (κ2) is 8.78. The summed E-state index contributed by atoms with van der Waals surface area (Å²) in [6.45, 7) is 2.21. The standard InChI is InChI=1S/C23H23N5O4S/c1-14-11-20(29)24-15-7-3-4-8-16(15)28(14)21(30)13-33-23-26-25-22(27(23)2)19-12-31-17-9-5-6-10-18(17)32-19/h3-10,14,19H,11-13H2,1-2H3,(H,24,29)/t14-,19-/m0/s1. The van der Waals surface area contributed by atoms with Crippen LogP contribution in [0.15, 0.2) is 53.7 Å². The van der Waals surface area contributed by atoms with E-state index in [0.717, 1.165) is 0 Å². The molecule has 1 N–H and O–H groups in total. The van der Waals surface area contributed by atoms with Gasteiger partial charge in [-0.3, -0.25) is 9.59 Å². The molecule has 170 valence electrons. The number of nitrogens with zero attached hydrogens (tertiary/aromatic N) is 4. The molecule has 3 aromatic rings. The third-order valence-corrected chi connectivity index (χ3v) is 6.62. The van der Waals surface area contributed by atoms with Crippen LogP contribution < -0.4 is 19.7 Å². The Bertz CT molecular complexity index is 1210. The Hall–Kier alpha value is -3.53. The van der Waals surface area contributed by atoms with E-state index in [1.165, 1.54) is 11.8 Å². The van der Waals surface area contributed by atoms with Crippen molar-refractivity contribution in [1.29, 1.82) is 0 Å². The van der Waals surface area contributed by atoms with Crippen LogP contribution in [0.5, 0.6) is 11.5 Å². The number of thioether (sulfide) groups is 1. The van der Waals surface area contributed by atoms with Crippen LogP contribution in [0.2, 0.25) is 0 Å². The van der Waals surface area contributed by atoms with Gasteiger partial charge in [-0.1, -0.05) is 36.0 Å². The average Bonchev–Trinajstić information content (AvgIpc) is 3.12. The minimum Gasteiger partial charge on any atom is -0.485 e. The van der Waals surface area contributed by atoms with Crippen molar-refractivity contribution in [2.24, 2.45) is 7.05 Å². The molecule has 10 heteroatoms. The molecule has 2 amide bonds. The second-order valence-corrected chi connectivity index (χ2v) is 8.88. The number of carbonyl (C=O) groups is 2. The molecule has 0 saturated heterocycles. The number of anilines is 2. The Morgan fingerprint density at radius 3 is 2.76 bits per heavy atom. The topological polar surface area (TPSA) is 98.6 Å². The van der Waals surface area contributed by atoms with Crippen LogP contribution in [0, 0.1) is 0 Å². The van der Waals surface area contributed by atoms with Gasteiger partial charge >= 0.3 is 0 Å². The zero-order valence-electron chi connectivity index (χ0n) is 18.2. The van der Waals surface area contributed by atoms with Gasteiger partial charge in [0, 0.05) is 19.5 Å². The largest absolute Gasteiger partial charge is 0.485 e. The molecule has 9 nitrogen and oxygen atoms in total. The van der Waals surface area contributed by atoms with E-state index in [4.69, 9.17) is 9.47 Å². The SMILES string of the molecule is C[C@H]1CC(=O)Nc2ccccc2N1C(=O)CSc1nnc([C@@H]2COc3ccccc3O2)n1C. The third-order valence-electron chi connectivity index (χ3n) is 5.62.